The van der Waals surface area contributed by atoms with Gasteiger partial charge >= 0.3 is 0 Å². The largest absolute Gasteiger partial charge is 0.361 e. The highest BCUT2D eigenvalue weighted by atomic mass is 16.2. The van der Waals surface area contributed by atoms with Crippen LogP contribution >= 0.6 is 0 Å². The van der Waals surface area contributed by atoms with E-state index in [4.69, 9.17) is 0 Å². The van der Waals surface area contributed by atoms with Crippen molar-refractivity contribution in [3.05, 3.63) is 35.9 Å². The number of amides is 1. The summed E-state index contributed by atoms with van der Waals surface area (Å²) in [6.07, 6.45) is 0. The lowest BCUT2D eigenvalue weighted by molar-refractivity contribution is -0.115. The van der Waals surface area contributed by atoms with E-state index >= 15 is 0 Å². The molecule has 0 fully saturated rings. The van der Waals surface area contributed by atoms with Crippen LogP contribution in [0.1, 0.15) is 25.5 Å². The summed E-state index contributed by atoms with van der Waals surface area (Å²) in [6.45, 7) is 4.64. The van der Waals surface area contributed by atoms with E-state index in [9.17, 15) is 4.79 Å². The summed E-state index contributed by atoms with van der Waals surface area (Å²) in [7, 11) is 0. The molecule has 0 bridgehead atoms. The second-order valence-corrected chi connectivity index (χ2v) is 4.34. The Bertz CT molecular complexity index is 428. The monoisotopic (exact) mass is 231 g/mol. The summed E-state index contributed by atoms with van der Waals surface area (Å²) in [6, 6.07) is 10.1. The third-order valence-corrected chi connectivity index (χ3v) is 2.77. The molecule has 1 aromatic rings. The molecule has 0 aliphatic carbocycles. The number of benzene rings is 1. The Morgan fingerprint density at radius 2 is 2.18 bits per heavy atom. The van der Waals surface area contributed by atoms with Gasteiger partial charge in [0.05, 0.1) is 12.6 Å². The number of hydrogen-bond acceptors (Lipinski definition) is 3. The van der Waals surface area contributed by atoms with Crippen LogP contribution in [-0.4, -0.2) is 24.3 Å². The third kappa shape index (κ3) is 2.84. The van der Waals surface area contributed by atoms with Crippen molar-refractivity contribution in [3.63, 3.8) is 0 Å². The first-order valence-corrected chi connectivity index (χ1v) is 5.83. The molecule has 90 valence electrons. The summed E-state index contributed by atoms with van der Waals surface area (Å²) in [5.74, 6) is 0.311. The van der Waals surface area contributed by atoms with Crippen LogP contribution in [0.4, 0.5) is 0 Å². The van der Waals surface area contributed by atoms with E-state index in [0.29, 0.717) is 12.4 Å². The normalized spacial score (nSPS) is 20.4. The highest BCUT2D eigenvalue weighted by molar-refractivity contribution is 6.38. The molecule has 1 amide bonds. The molecule has 0 aromatic heterocycles. The van der Waals surface area contributed by atoms with Gasteiger partial charge in [0.15, 0.2) is 5.84 Å². The molecular formula is C13H17N3O. The molecule has 2 atom stereocenters. The smallest absolute Gasteiger partial charge is 0.286 e. The first-order valence-electron chi connectivity index (χ1n) is 5.83. The zero-order valence-corrected chi connectivity index (χ0v) is 10.1. The minimum atomic E-state index is -0.134. The maximum Gasteiger partial charge on any atom is 0.286 e. The van der Waals surface area contributed by atoms with E-state index in [1.165, 1.54) is 0 Å². The minimum Gasteiger partial charge on any atom is -0.361 e. The Morgan fingerprint density at radius 1 is 1.47 bits per heavy atom. The highest BCUT2D eigenvalue weighted by Crippen LogP contribution is 2.11. The number of rotatable bonds is 3. The first-order chi connectivity index (χ1) is 8.16. The molecule has 4 heteroatoms. The van der Waals surface area contributed by atoms with Crippen molar-refractivity contribution in [3.8, 4) is 0 Å². The summed E-state index contributed by atoms with van der Waals surface area (Å²) >= 11 is 0. The zero-order chi connectivity index (χ0) is 12.3. The third-order valence-electron chi connectivity index (χ3n) is 2.77. The molecule has 17 heavy (non-hydrogen) atoms. The fourth-order valence-electron chi connectivity index (χ4n) is 1.78. The molecule has 0 radical (unpaired) electrons. The van der Waals surface area contributed by atoms with Gasteiger partial charge in [-0.2, -0.15) is 0 Å². The number of hydrogen-bond donors (Lipinski definition) is 2. The van der Waals surface area contributed by atoms with Crippen molar-refractivity contribution in [2.45, 2.75) is 25.9 Å². The molecule has 0 spiro atoms. The Kier molecular flexibility index (Phi) is 3.42. The van der Waals surface area contributed by atoms with E-state index < -0.39 is 0 Å². The zero-order valence-electron chi connectivity index (χ0n) is 10.1. The van der Waals surface area contributed by atoms with Gasteiger partial charge in [-0.25, -0.2) is 0 Å². The summed E-state index contributed by atoms with van der Waals surface area (Å²) in [5.41, 5.74) is 1.09. The molecule has 0 saturated heterocycles. The summed E-state index contributed by atoms with van der Waals surface area (Å²) in [5, 5.41) is 5.97. The van der Waals surface area contributed by atoms with Gasteiger partial charge in [-0.3, -0.25) is 9.79 Å². The molecule has 1 heterocycles. The van der Waals surface area contributed by atoms with Crippen molar-refractivity contribution >= 4 is 11.7 Å². The molecule has 1 aliphatic heterocycles. The molecule has 2 N–H and O–H groups in total. The van der Waals surface area contributed by atoms with Gasteiger partial charge in [0.1, 0.15) is 0 Å². The first kappa shape index (κ1) is 11.6. The van der Waals surface area contributed by atoms with Gasteiger partial charge in [-0.1, -0.05) is 30.3 Å². The van der Waals surface area contributed by atoms with E-state index in [1.807, 2.05) is 44.2 Å². The van der Waals surface area contributed by atoms with Gasteiger partial charge in [-0.15, -0.1) is 0 Å². The number of amidine groups is 1. The lowest BCUT2D eigenvalue weighted by Gasteiger charge is -2.14. The van der Waals surface area contributed by atoms with Crippen molar-refractivity contribution in [1.29, 1.82) is 0 Å². The summed E-state index contributed by atoms with van der Waals surface area (Å²) < 4.78 is 0. The molecule has 2 rings (SSSR count). The predicted octanol–water partition coefficient (Wildman–Crippen LogP) is 1.25. The molecule has 2 unspecified atom stereocenters. The number of aliphatic imine (C=N–C) groups is 1. The second-order valence-electron chi connectivity index (χ2n) is 4.34. The Balaban J connectivity index is 1.95. The molecule has 0 saturated carbocycles. The van der Waals surface area contributed by atoms with Gasteiger partial charge in [0.25, 0.3) is 5.91 Å². The lowest BCUT2D eigenvalue weighted by Crippen LogP contribution is -2.41. The van der Waals surface area contributed by atoms with E-state index in [2.05, 4.69) is 15.6 Å². The van der Waals surface area contributed by atoms with E-state index in [0.717, 1.165) is 5.56 Å². The average molecular weight is 231 g/mol. The van der Waals surface area contributed by atoms with Crippen LogP contribution in [0.25, 0.3) is 0 Å². The SMILES string of the molecule is CC1CN=C(C(=O)NC(C)c2ccccc2)N1. The average Bonchev–Trinajstić information content (AvgIpc) is 2.77. The quantitative estimate of drug-likeness (QED) is 0.822. The molecule has 1 aliphatic rings. The molecular weight excluding hydrogens is 214 g/mol. The fraction of sp³-hybridized carbons (Fsp3) is 0.385. The fourth-order valence-corrected chi connectivity index (χ4v) is 1.78. The Hall–Kier alpha value is -1.84. The second kappa shape index (κ2) is 4.99. The standard InChI is InChI=1S/C13H17N3O/c1-9-8-14-12(15-9)13(17)16-10(2)11-6-4-3-5-7-11/h3-7,9-10H,8H2,1-2H3,(H,14,15)(H,16,17). The van der Waals surface area contributed by atoms with E-state index in [1.54, 1.807) is 0 Å². The topological polar surface area (TPSA) is 53.5 Å². The van der Waals surface area contributed by atoms with Crippen molar-refractivity contribution in [2.75, 3.05) is 6.54 Å². The van der Waals surface area contributed by atoms with Crippen LogP contribution in [0.3, 0.4) is 0 Å². The highest BCUT2D eigenvalue weighted by Gasteiger charge is 2.20. The minimum absolute atomic E-state index is 0.0101. The lowest BCUT2D eigenvalue weighted by atomic mass is 10.1. The molecule has 1 aromatic carbocycles. The van der Waals surface area contributed by atoms with Gasteiger partial charge in [0, 0.05) is 6.04 Å². The number of carbonyl (C=O) groups excluding carboxylic acids is 1. The van der Waals surface area contributed by atoms with Crippen LogP contribution in [0.5, 0.6) is 0 Å². The molecule has 4 nitrogen and oxygen atoms in total. The number of nitrogens with one attached hydrogen (secondary N) is 2. The number of nitrogens with zero attached hydrogens (tertiary/aromatic N) is 1. The van der Waals surface area contributed by atoms with Gasteiger partial charge in [-0.05, 0) is 19.4 Å². The van der Waals surface area contributed by atoms with Crippen LogP contribution in [0, 0.1) is 0 Å². The van der Waals surface area contributed by atoms with Crippen LogP contribution in [-0.2, 0) is 4.79 Å². The Morgan fingerprint density at radius 3 is 2.76 bits per heavy atom. The van der Waals surface area contributed by atoms with E-state index in [-0.39, 0.29) is 18.0 Å². The van der Waals surface area contributed by atoms with Crippen LogP contribution in [0.15, 0.2) is 35.3 Å². The van der Waals surface area contributed by atoms with Gasteiger partial charge < -0.3 is 10.6 Å². The predicted molar refractivity (Wildman–Crippen MR) is 67.9 cm³/mol. The van der Waals surface area contributed by atoms with Gasteiger partial charge in [0.2, 0.25) is 0 Å². The Labute approximate surface area is 101 Å². The van der Waals surface area contributed by atoms with Crippen LogP contribution < -0.4 is 10.6 Å². The van der Waals surface area contributed by atoms with Crippen molar-refractivity contribution in [1.82, 2.24) is 10.6 Å². The van der Waals surface area contributed by atoms with Crippen LogP contribution in [0.2, 0.25) is 0 Å². The van der Waals surface area contributed by atoms with Crippen molar-refractivity contribution in [2.24, 2.45) is 4.99 Å². The number of carbonyl (C=O) groups is 1. The summed E-state index contributed by atoms with van der Waals surface area (Å²) in [4.78, 5) is 16.0. The maximum absolute atomic E-state index is 11.9. The maximum atomic E-state index is 11.9. The van der Waals surface area contributed by atoms with Crippen molar-refractivity contribution < 1.29 is 4.79 Å².